The molecule has 2 aliphatic carbocycles. The number of carbonyl (C=O) groups is 1. The van der Waals surface area contributed by atoms with Crippen molar-refractivity contribution in [3.8, 4) is 23.1 Å². The second-order valence-electron chi connectivity index (χ2n) is 15.3. The summed E-state index contributed by atoms with van der Waals surface area (Å²) in [4.78, 5) is 33.7. The van der Waals surface area contributed by atoms with Gasteiger partial charge in [-0.1, -0.05) is 35.3 Å². The molecule has 8 rings (SSSR count). The Hall–Kier alpha value is -4.58. The van der Waals surface area contributed by atoms with E-state index in [9.17, 15) is 24.3 Å². The number of aromatic amines is 1. The van der Waals surface area contributed by atoms with Crippen LogP contribution in [0.3, 0.4) is 0 Å². The number of rotatable bonds is 11. The van der Waals surface area contributed by atoms with Crippen LogP contribution in [0.4, 0.5) is 8.78 Å². The number of aliphatic hydroxyl groups is 1. The number of nitriles is 1. The summed E-state index contributed by atoms with van der Waals surface area (Å²) in [6.07, 6.45) is 5.63. The van der Waals surface area contributed by atoms with Gasteiger partial charge in [0.2, 0.25) is 11.3 Å². The average Bonchev–Trinajstić information content (AvgIpc) is 3.87. The van der Waals surface area contributed by atoms with E-state index in [0.717, 1.165) is 67.4 Å². The van der Waals surface area contributed by atoms with Crippen LogP contribution < -0.4 is 15.9 Å². The first kappa shape index (κ1) is 41.6. The number of ether oxygens (including phenoxy) is 2. The Kier molecular flexibility index (Phi) is 12.4. The lowest BCUT2D eigenvalue weighted by Gasteiger charge is -2.40. The predicted octanol–water partition coefficient (Wildman–Crippen LogP) is 8.33. The molecule has 11 nitrogen and oxygen atoms in total. The fraction of sp³-hybridized carbons (Fsp3) is 0.442. The molecule has 3 aliphatic rings. The number of nitrogens with zero attached hydrogens (tertiary/aromatic N) is 4. The number of amides is 1. The van der Waals surface area contributed by atoms with Crippen molar-refractivity contribution in [1.82, 2.24) is 19.4 Å². The quantitative estimate of drug-likeness (QED) is 0.120. The van der Waals surface area contributed by atoms with Crippen molar-refractivity contribution in [3.05, 3.63) is 91.4 Å². The van der Waals surface area contributed by atoms with E-state index in [2.05, 4.69) is 26.4 Å². The number of methoxy groups -OCH3 is 2. The maximum Gasteiger partial charge on any atom is 0.226 e. The van der Waals surface area contributed by atoms with E-state index in [-0.39, 0.29) is 75.7 Å². The molecule has 306 valence electrons. The summed E-state index contributed by atoms with van der Waals surface area (Å²) in [5.41, 5.74) is 9.10. The number of nitrogens with one attached hydrogen (secondary N) is 1. The molecular weight excluding hydrogens is 789 g/mol. The molecule has 2 aromatic carbocycles. The van der Waals surface area contributed by atoms with Crippen molar-refractivity contribution < 1.29 is 28.2 Å². The van der Waals surface area contributed by atoms with E-state index in [0.29, 0.717) is 35.4 Å². The number of aromatic nitrogens is 3. The predicted molar refractivity (Wildman–Crippen MR) is 219 cm³/mol. The molecule has 4 unspecified atom stereocenters. The van der Waals surface area contributed by atoms with Gasteiger partial charge in [0.05, 0.1) is 59.2 Å². The number of halogens is 4. The molecule has 5 aromatic rings. The first-order valence-corrected chi connectivity index (χ1v) is 20.3. The Balaban J connectivity index is 0.000000449. The number of H-pyrrole nitrogens is 1. The van der Waals surface area contributed by atoms with Crippen LogP contribution in [-0.2, 0) is 16.0 Å². The van der Waals surface area contributed by atoms with E-state index in [1.807, 2.05) is 11.0 Å². The zero-order chi connectivity index (χ0) is 41.4. The zero-order valence-corrected chi connectivity index (χ0v) is 34.0. The van der Waals surface area contributed by atoms with E-state index < -0.39 is 23.2 Å². The highest BCUT2D eigenvalue weighted by molar-refractivity contribution is 6.43. The molecule has 0 spiro atoms. The van der Waals surface area contributed by atoms with Gasteiger partial charge < -0.3 is 34.8 Å². The molecule has 1 aliphatic heterocycles. The standard InChI is InChI=1S/C37H40Cl2FN5O3.C6H6FNO2/c1-19(46)34-26-16-30(29-13-11-23(18-48-2)44(29)37(47)20-8-9-20)45(28-12-10-22(28)17-42)36(26)25-15-21(5-4-14-41)31(33(40)35(25)43-34)24-6-3-7-27(38)32(24)39;1-10-6-2-5(9)4(7)3-8-6/h3,6-7,15-16,19-20,22-23,28-29,46H,4-5,8-13,17-18,42H2,1-2H3;2-3H,1H3,(H,8,9)/t19?,22-,23?,28?,29?;/m1./s1. The third-order valence-electron chi connectivity index (χ3n) is 11.7. The van der Waals surface area contributed by atoms with Crippen LogP contribution in [0.1, 0.15) is 87.0 Å². The van der Waals surface area contributed by atoms with E-state index >= 15 is 4.39 Å². The summed E-state index contributed by atoms with van der Waals surface area (Å²) in [7, 11) is 3.06. The van der Waals surface area contributed by atoms with Crippen LogP contribution in [0, 0.1) is 34.8 Å². The molecule has 1 amide bonds. The van der Waals surface area contributed by atoms with Gasteiger partial charge in [0.25, 0.3) is 0 Å². The summed E-state index contributed by atoms with van der Waals surface area (Å²) in [5, 5.41) is 22.5. The Morgan fingerprint density at radius 2 is 1.90 bits per heavy atom. The Bertz CT molecular complexity index is 2460. The SMILES string of the molecule is COCC1CCC(c2cc3c(C(C)O)nc4c(F)c(-c5cccc(Cl)c5Cl)c(CCC#N)cc4c3n2C2CC[C@@H]2CN)N1C(=O)C1CC1.COc1cc(=O)c(F)c[nH]1. The maximum absolute atomic E-state index is 17.2. The summed E-state index contributed by atoms with van der Waals surface area (Å²) >= 11 is 13.0. The normalized spacial score (nSPS) is 20.7. The minimum absolute atomic E-state index is 0.0296. The number of benzene rings is 2. The highest BCUT2D eigenvalue weighted by Gasteiger charge is 2.46. The van der Waals surface area contributed by atoms with E-state index in [1.165, 1.54) is 7.11 Å². The Morgan fingerprint density at radius 3 is 2.52 bits per heavy atom. The van der Waals surface area contributed by atoms with E-state index in [4.69, 9.17) is 38.7 Å². The number of fused-ring (bicyclic) bond motifs is 3. The average molecular weight is 836 g/mol. The molecule has 3 aromatic heterocycles. The molecule has 1 saturated heterocycles. The molecule has 5 atom stereocenters. The van der Waals surface area contributed by atoms with Crippen LogP contribution in [0.15, 0.2) is 47.4 Å². The first-order valence-electron chi connectivity index (χ1n) is 19.6. The lowest BCUT2D eigenvalue weighted by molar-refractivity contribution is -0.136. The van der Waals surface area contributed by atoms with Crippen LogP contribution in [-0.4, -0.2) is 63.9 Å². The van der Waals surface area contributed by atoms with Gasteiger partial charge in [-0.2, -0.15) is 5.26 Å². The lowest BCUT2D eigenvalue weighted by atomic mass is 9.79. The largest absolute Gasteiger partial charge is 0.482 e. The number of hydrogen-bond acceptors (Lipinski definition) is 8. The number of carbonyl (C=O) groups excluding carboxylic acids is 1. The number of hydrogen-bond donors (Lipinski definition) is 3. The van der Waals surface area contributed by atoms with Crippen molar-refractivity contribution in [1.29, 1.82) is 5.26 Å². The van der Waals surface area contributed by atoms with Gasteiger partial charge in [0.15, 0.2) is 17.5 Å². The van der Waals surface area contributed by atoms with E-state index in [1.54, 1.807) is 32.2 Å². The molecule has 3 fully saturated rings. The Morgan fingerprint density at radius 1 is 1.12 bits per heavy atom. The van der Waals surface area contributed by atoms with Gasteiger partial charge in [0, 0.05) is 65.3 Å². The van der Waals surface area contributed by atoms with Crippen molar-refractivity contribution >= 4 is 50.9 Å². The highest BCUT2D eigenvalue weighted by Crippen LogP contribution is 2.50. The number of likely N-dealkylation sites (tertiary alicyclic amines) is 1. The molecule has 15 heteroatoms. The lowest BCUT2D eigenvalue weighted by Crippen LogP contribution is -2.42. The fourth-order valence-corrected chi connectivity index (χ4v) is 9.00. The summed E-state index contributed by atoms with van der Waals surface area (Å²) < 4.78 is 41.9. The van der Waals surface area contributed by atoms with Gasteiger partial charge >= 0.3 is 0 Å². The van der Waals surface area contributed by atoms with Gasteiger partial charge in [-0.25, -0.2) is 13.8 Å². The molecule has 4 heterocycles. The van der Waals surface area contributed by atoms with Gasteiger partial charge in [-0.05, 0) is 88.1 Å². The number of aliphatic hydroxyl groups excluding tert-OH is 1. The van der Waals surface area contributed by atoms with Crippen LogP contribution in [0.5, 0.6) is 5.88 Å². The van der Waals surface area contributed by atoms with Gasteiger partial charge in [-0.3, -0.25) is 9.59 Å². The van der Waals surface area contributed by atoms with Gasteiger partial charge in [-0.15, -0.1) is 0 Å². The smallest absolute Gasteiger partial charge is 0.226 e. The number of pyridine rings is 2. The second kappa shape index (κ2) is 17.3. The maximum atomic E-state index is 17.2. The molecular formula is C43H46Cl2F2N6O5. The topological polar surface area (TPSA) is 159 Å². The summed E-state index contributed by atoms with van der Waals surface area (Å²) in [5.74, 6) is -0.738. The van der Waals surface area contributed by atoms with Gasteiger partial charge in [0.1, 0.15) is 5.52 Å². The molecule has 0 radical (unpaired) electrons. The molecule has 0 bridgehead atoms. The van der Waals surface area contributed by atoms with Crippen molar-refractivity contribution in [3.63, 3.8) is 0 Å². The second-order valence-corrected chi connectivity index (χ2v) is 16.1. The third kappa shape index (κ3) is 7.69. The minimum Gasteiger partial charge on any atom is -0.482 e. The monoisotopic (exact) mass is 834 g/mol. The fourth-order valence-electron chi connectivity index (χ4n) is 8.61. The molecule has 2 saturated carbocycles. The number of aryl methyl sites for hydroxylation is 1. The third-order valence-corrected chi connectivity index (χ3v) is 12.5. The van der Waals surface area contributed by atoms with Crippen LogP contribution in [0.2, 0.25) is 10.0 Å². The first-order chi connectivity index (χ1) is 27.9. The highest BCUT2D eigenvalue weighted by atomic mass is 35.5. The zero-order valence-electron chi connectivity index (χ0n) is 32.5. The summed E-state index contributed by atoms with van der Waals surface area (Å²) in [6, 6.07) is 12.1. The van der Waals surface area contributed by atoms with Crippen molar-refractivity contribution in [2.45, 2.75) is 82.5 Å². The number of nitrogens with two attached hydrogens (primary N) is 1. The molecule has 4 N–H and O–H groups in total. The van der Waals surface area contributed by atoms with Crippen LogP contribution >= 0.6 is 23.2 Å². The summed E-state index contributed by atoms with van der Waals surface area (Å²) in [6.45, 7) is 2.59. The Labute approximate surface area is 344 Å². The van der Waals surface area contributed by atoms with Crippen molar-refractivity contribution in [2.75, 3.05) is 27.4 Å². The molecule has 58 heavy (non-hydrogen) atoms. The van der Waals surface area contributed by atoms with Crippen molar-refractivity contribution in [2.24, 2.45) is 17.6 Å². The van der Waals surface area contributed by atoms with Crippen LogP contribution in [0.25, 0.3) is 32.9 Å². The minimum atomic E-state index is -1.00.